The Morgan fingerprint density at radius 3 is 1.73 bits per heavy atom. The highest BCUT2D eigenvalue weighted by Gasteiger charge is 2.79. The van der Waals surface area contributed by atoms with E-state index in [9.17, 15) is 35.5 Å². The summed E-state index contributed by atoms with van der Waals surface area (Å²) in [6.45, 7) is 0. The Kier molecular flexibility index (Phi) is 2.08. The van der Waals surface area contributed by atoms with Crippen LogP contribution in [0.15, 0.2) is 11.5 Å². The van der Waals surface area contributed by atoms with Gasteiger partial charge >= 0.3 is 17.8 Å². The summed E-state index contributed by atoms with van der Waals surface area (Å²) in [5, 5.41) is 0. The number of alkyl halides is 6. The zero-order chi connectivity index (χ0) is 12.2. The fourth-order valence-corrected chi connectivity index (χ4v) is 0.907. The summed E-state index contributed by atoms with van der Waals surface area (Å²) in [6.07, 6.45) is 0. The predicted molar refractivity (Wildman–Crippen MR) is 32.2 cm³/mol. The fraction of sp³-hybridized carbons (Fsp3) is 0.500. The molecule has 0 heterocycles. The van der Waals surface area contributed by atoms with Gasteiger partial charge in [-0.1, -0.05) is 0 Å². The van der Waals surface area contributed by atoms with Crippen molar-refractivity contribution in [3.8, 4) is 0 Å². The van der Waals surface area contributed by atoms with E-state index in [1.54, 1.807) is 0 Å². The standard InChI is InChI=1S/C6H2F7NO/c7-1-2(14)4(8,9)6(12,13)5(10,11)3(1)15/h14H2. The molecule has 0 aromatic rings. The summed E-state index contributed by atoms with van der Waals surface area (Å²) in [7, 11) is 0. The molecule has 0 fully saturated rings. The largest absolute Gasteiger partial charge is 0.394 e. The molecule has 0 radical (unpaired) electrons. The molecule has 86 valence electrons. The first-order valence-electron chi connectivity index (χ1n) is 3.32. The molecule has 0 unspecified atom stereocenters. The molecule has 0 aliphatic heterocycles. The molecule has 1 aliphatic rings. The van der Waals surface area contributed by atoms with Crippen LogP contribution in [0.5, 0.6) is 0 Å². The van der Waals surface area contributed by atoms with Gasteiger partial charge < -0.3 is 5.73 Å². The number of carbonyl (C=O) groups excluding carboxylic acids is 1. The average Bonchev–Trinajstić information content (AvgIpc) is 2.12. The van der Waals surface area contributed by atoms with Crippen LogP contribution in [0, 0.1) is 0 Å². The van der Waals surface area contributed by atoms with E-state index in [4.69, 9.17) is 0 Å². The Balaban J connectivity index is 3.56. The molecular weight excluding hydrogens is 235 g/mol. The van der Waals surface area contributed by atoms with Crippen LogP contribution < -0.4 is 5.73 Å². The highest BCUT2D eigenvalue weighted by molar-refractivity contribution is 6.01. The second-order valence-corrected chi connectivity index (χ2v) is 2.78. The number of halogens is 7. The molecule has 1 aliphatic carbocycles. The first kappa shape index (κ1) is 11.8. The number of hydrogen-bond donors (Lipinski definition) is 1. The monoisotopic (exact) mass is 237 g/mol. The lowest BCUT2D eigenvalue weighted by molar-refractivity contribution is -0.288. The summed E-state index contributed by atoms with van der Waals surface area (Å²) in [6, 6.07) is 0. The minimum Gasteiger partial charge on any atom is -0.394 e. The van der Waals surface area contributed by atoms with Crippen LogP contribution in [0.3, 0.4) is 0 Å². The molecule has 0 saturated heterocycles. The number of carbonyl (C=O) groups is 1. The summed E-state index contributed by atoms with van der Waals surface area (Å²) in [5.74, 6) is -23.2. The van der Waals surface area contributed by atoms with E-state index < -0.39 is 35.1 Å². The molecule has 2 nitrogen and oxygen atoms in total. The topological polar surface area (TPSA) is 43.1 Å². The molecule has 0 bridgehead atoms. The molecule has 2 N–H and O–H groups in total. The van der Waals surface area contributed by atoms with Gasteiger partial charge in [-0.05, 0) is 0 Å². The molecule has 0 spiro atoms. The van der Waals surface area contributed by atoms with Gasteiger partial charge in [0.1, 0.15) is 5.70 Å². The van der Waals surface area contributed by atoms with Crippen LogP contribution in [0.1, 0.15) is 0 Å². The molecule has 1 rings (SSSR count). The number of Topliss-reactive ketones (excluding diaryl/α,β-unsaturated/α-hetero) is 1. The van der Waals surface area contributed by atoms with E-state index in [2.05, 4.69) is 5.73 Å². The van der Waals surface area contributed by atoms with Gasteiger partial charge in [-0.2, -0.15) is 26.3 Å². The van der Waals surface area contributed by atoms with Crippen molar-refractivity contribution in [2.24, 2.45) is 5.73 Å². The van der Waals surface area contributed by atoms with Crippen LogP contribution in [0.4, 0.5) is 30.7 Å². The summed E-state index contributed by atoms with van der Waals surface area (Å²) in [5.41, 5.74) is 1.68. The second kappa shape index (κ2) is 2.64. The van der Waals surface area contributed by atoms with Gasteiger partial charge in [0, 0.05) is 0 Å². The fourth-order valence-electron chi connectivity index (χ4n) is 0.907. The zero-order valence-electron chi connectivity index (χ0n) is 6.63. The molecule has 9 heteroatoms. The van der Waals surface area contributed by atoms with Gasteiger partial charge in [0.2, 0.25) is 0 Å². The number of hydrogen-bond acceptors (Lipinski definition) is 2. The third kappa shape index (κ3) is 1.08. The molecule has 15 heavy (non-hydrogen) atoms. The zero-order valence-corrected chi connectivity index (χ0v) is 6.63. The normalized spacial score (nSPS) is 28.1. The molecular formula is C6H2F7NO. The van der Waals surface area contributed by atoms with Crippen molar-refractivity contribution >= 4 is 5.78 Å². The lowest BCUT2D eigenvalue weighted by atomic mass is 9.91. The summed E-state index contributed by atoms with van der Waals surface area (Å²) in [4.78, 5) is 10.3. The number of allylic oxidation sites excluding steroid dienone is 2. The predicted octanol–water partition coefficient (Wildman–Crippen LogP) is 1.61. The second-order valence-electron chi connectivity index (χ2n) is 2.78. The maximum Gasteiger partial charge on any atom is 0.385 e. The maximum atomic E-state index is 12.5. The van der Waals surface area contributed by atoms with Gasteiger partial charge in [0.05, 0.1) is 0 Å². The number of ketones is 1. The SMILES string of the molecule is NC1=C(F)C(=O)C(F)(F)C(F)(F)C1(F)F. The summed E-state index contributed by atoms with van der Waals surface area (Å²) < 4.78 is 87.0. The smallest absolute Gasteiger partial charge is 0.385 e. The molecule has 0 saturated carbocycles. The maximum absolute atomic E-state index is 12.5. The quantitative estimate of drug-likeness (QED) is 0.650. The van der Waals surface area contributed by atoms with E-state index >= 15 is 0 Å². The van der Waals surface area contributed by atoms with Crippen molar-refractivity contribution in [1.82, 2.24) is 0 Å². The van der Waals surface area contributed by atoms with Crippen molar-refractivity contribution in [2.45, 2.75) is 17.8 Å². The van der Waals surface area contributed by atoms with E-state index in [1.165, 1.54) is 0 Å². The van der Waals surface area contributed by atoms with Gasteiger partial charge in [0.15, 0.2) is 5.83 Å². The van der Waals surface area contributed by atoms with Gasteiger partial charge in [-0.3, -0.25) is 4.79 Å². The van der Waals surface area contributed by atoms with Crippen molar-refractivity contribution < 1.29 is 35.5 Å². The van der Waals surface area contributed by atoms with Gasteiger partial charge in [0.25, 0.3) is 5.78 Å². The number of rotatable bonds is 0. The van der Waals surface area contributed by atoms with Crippen LogP contribution in [-0.4, -0.2) is 23.6 Å². The Labute approximate surface area is 77.5 Å². The van der Waals surface area contributed by atoms with Crippen LogP contribution in [0.2, 0.25) is 0 Å². The van der Waals surface area contributed by atoms with E-state index in [-0.39, 0.29) is 0 Å². The van der Waals surface area contributed by atoms with Crippen LogP contribution in [0.25, 0.3) is 0 Å². The van der Waals surface area contributed by atoms with E-state index in [1.807, 2.05) is 0 Å². The Hall–Kier alpha value is -1.28. The Bertz CT molecular complexity index is 358. The molecule has 0 atom stereocenters. The number of nitrogens with two attached hydrogens (primary N) is 1. The van der Waals surface area contributed by atoms with Crippen molar-refractivity contribution in [3.05, 3.63) is 11.5 Å². The lowest BCUT2D eigenvalue weighted by Crippen LogP contribution is -2.63. The Morgan fingerprint density at radius 2 is 1.33 bits per heavy atom. The van der Waals surface area contributed by atoms with Crippen molar-refractivity contribution in [3.63, 3.8) is 0 Å². The van der Waals surface area contributed by atoms with Crippen LogP contribution >= 0.6 is 0 Å². The third-order valence-electron chi connectivity index (χ3n) is 1.85. The first-order valence-corrected chi connectivity index (χ1v) is 3.32. The van der Waals surface area contributed by atoms with Crippen molar-refractivity contribution in [2.75, 3.05) is 0 Å². The van der Waals surface area contributed by atoms with Gasteiger partial charge in [-0.25, -0.2) is 4.39 Å². The highest BCUT2D eigenvalue weighted by Crippen LogP contribution is 2.53. The minimum absolute atomic E-state index is 2.48. The van der Waals surface area contributed by atoms with E-state index in [0.29, 0.717) is 0 Å². The average molecular weight is 237 g/mol. The van der Waals surface area contributed by atoms with Gasteiger partial charge in [-0.15, -0.1) is 0 Å². The molecule has 0 aromatic carbocycles. The lowest BCUT2D eigenvalue weighted by Gasteiger charge is -2.35. The third-order valence-corrected chi connectivity index (χ3v) is 1.85. The van der Waals surface area contributed by atoms with Crippen LogP contribution in [-0.2, 0) is 4.79 Å². The molecule has 0 amide bonds. The van der Waals surface area contributed by atoms with Crippen molar-refractivity contribution in [1.29, 1.82) is 0 Å². The minimum atomic E-state index is -6.04. The summed E-state index contributed by atoms with van der Waals surface area (Å²) >= 11 is 0. The Morgan fingerprint density at radius 1 is 0.933 bits per heavy atom. The van der Waals surface area contributed by atoms with E-state index in [0.717, 1.165) is 0 Å². The highest BCUT2D eigenvalue weighted by atomic mass is 19.3. The molecule has 0 aromatic heterocycles. The first-order chi connectivity index (χ1) is 6.48.